The fraction of sp³-hybridized carbons (Fsp3) is 0.367. The van der Waals surface area contributed by atoms with Crippen LogP contribution < -0.4 is 9.58 Å². The van der Waals surface area contributed by atoms with Gasteiger partial charge in [0.25, 0.3) is 0 Å². The molecule has 1 aromatic heterocycles. The Bertz CT molecular complexity index is 2730. The number of hydrogen-bond donors (Lipinski definition) is 1. The molecular formula is C60H62N3O3+. The van der Waals surface area contributed by atoms with E-state index < -0.39 is 11.4 Å². The number of ether oxygens (including phenoxy) is 2. The number of aliphatic hydroxyl groups is 1. The lowest BCUT2D eigenvalue weighted by Gasteiger charge is -2.59. The van der Waals surface area contributed by atoms with Crippen molar-refractivity contribution in [3.05, 3.63) is 181 Å². The molecule has 4 aliphatic carbocycles. The normalized spacial score (nSPS) is 29.8. The number of pyridine rings is 1. The molecule has 2 aliphatic heterocycles. The molecule has 0 bridgehead atoms. The predicted octanol–water partition coefficient (Wildman–Crippen LogP) is 12.8. The first-order valence-corrected chi connectivity index (χ1v) is 24.7. The van der Waals surface area contributed by atoms with Gasteiger partial charge in [0.2, 0.25) is 11.4 Å². The fourth-order valence-electron chi connectivity index (χ4n) is 13.9. The van der Waals surface area contributed by atoms with Crippen LogP contribution >= 0.6 is 0 Å². The van der Waals surface area contributed by atoms with Crippen LogP contribution in [0, 0.1) is 28.6 Å². The monoisotopic (exact) mass is 872 g/mol. The van der Waals surface area contributed by atoms with Crippen LogP contribution in [0.2, 0.25) is 0 Å². The van der Waals surface area contributed by atoms with Gasteiger partial charge in [0.15, 0.2) is 12.3 Å². The molecule has 334 valence electrons. The molecule has 12 rings (SSSR count). The molecule has 0 radical (unpaired) electrons. The van der Waals surface area contributed by atoms with Crippen molar-refractivity contribution in [2.24, 2.45) is 33.7 Å². The van der Waals surface area contributed by atoms with Gasteiger partial charge in [-0.05, 0) is 120 Å². The number of fused-ring (bicyclic) bond motifs is 5. The Kier molecular flexibility index (Phi) is 10.3. The van der Waals surface area contributed by atoms with E-state index in [1.807, 2.05) is 0 Å². The molecule has 3 saturated carbocycles. The molecule has 7 atom stereocenters. The first-order valence-electron chi connectivity index (χ1n) is 24.7. The van der Waals surface area contributed by atoms with Crippen LogP contribution in [-0.4, -0.2) is 35.4 Å². The molecule has 1 saturated heterocycles. The van der Waals surface area contributed by atoms with E-state index in [0.29, 0.717) is 37.5 Å². The Balaban J connectivity index is 0.904. The zero-order chi connectivity index (χ0) is 44.5. The van der Waals surface area contributed by atoms with Crippen LogP contribution in [0.25, 0.3) is 33.6 Å². The minimum absolute atomic E-state index is 0.104. The number of benzene rings is 5. The average molecular weight is 873 g/mol. The molecule has 1 spiro atoms. The first-order chi connectivity index (χ1) is 32.2. The van der Waals surface area contributed by atoms with E-state index in [1.54, 1.807) is 5.57 Å². The maximum Gasteiger partial charge on any atom is 0.213 e. The largest absolute Gasteiger partial charge is 0.383 e. The predicted molar refractivity (Wildman–Crippen MR) is 263 cm³/mol. The zero-order valence-electron chi connectivity index (χ0n) is 38.5. The van der Waals surface area contributed by atoms with E-state index in [1.165, 1.54) is 11.1 Å². The highest BCUT2D eigenvalue weighted by Crippen LogP contribution is 2.68. The maximum atomic E-state index is 13.5. The third kappa shape index (κ3) is 6.93. The number of allylic oxidation sites excluding steroid dienone is 1. The molecule has 5 aromatic carbocycles. The molecule has 6 nitrogen and oxygen atoms in total. The van der Waals surface area contributed by atoms with Crippen molar-refractivity contribution in [3.63, 3.8) is 0 Å². The summed E-state index contributed by atoms with van der Waals surface area (Å²) in [5.41, 5.74) is 12.1. The van der Waals surface area contributed by atoms with Gasteiger partial charge in [0.1, 0.15) is 5.60 Å². The maximum absolute atomic E-state index is 13.5. The van der Waals surface area contributed by atoms with Crippen LogP contribution in [0.15, 0.2) is 174 Å². The topological polar surface area (TPSA) is 58.2 Å². The summed E-state index contributed by atoms with van der Waals surface area (Å²) in [6.45, 7) is 6.96. The highest BCUT2D eigenvalue weighted by Gasteiger charge is 2.66. The van der Waals surface area contributed by atoms with Crippen molar-refractivity contribution in [2.75, 3.05) is 18.2 Å². The van der Waals surface area contributed by atoms with Crippen LogP contribution in [0.1, 0.15) is 88.8 Å². The smallest absolute Gasteiger partial charge is 0.213 e. The summed E-state index contributed by atoms with van der Waals surface area (Å²) in [6, 6.07) is 56.8. The second-order valence-corrected chi connectivity index (χ2v) is 20.8. The number of anilines is 1. The average Bonchev–Trinajstić information content (AvgIpc) is 4.09. The van der Waals surface area contributed by atoms with E-state index in [2.05, 4.69) is 187 Å². The fourth-order valence-corrected chi connectivity index (χ4v) is 13.9. The van der Waals surface area contributed by atoms with E-state index in [-0.39, 0.29) is 16.9 Å². The van der Waals surface area contributed by atoms with E-state index in [0.717, 1.165) is 103 Å². The Labute approximate surface area is 390 Å². The standard InChI is InChI=1S/C60H62N3O3/c1-57-33-34-60(65-35-36-66-60)40-48(57)25-28-50-51(57)29-31-58(2)52(50)30-32-59(58,64)41-62-54(44-17-9-4-10-18-44)37-47(38-55(62)45-19-11-5-12-20-45)42-23-26-49(27-24-42)63-56(46-21-13-6-14-22-46)39-53(61-63)43-15-7-3-8-16-43/h3-27,37-38,50-52,56,64H,28-36,39-41H2,1-2H3/q+1/t50-,51+,52+,56+,57-,58+,59+/m0/s1. The second kappa shape index (κ2) is 16.3. The number of hydrogen-bond acceptors (Lipinski definition) is 5. The molecule has 6 heteroatoms. The lowest BCUT2D eigenvalue weighted by molar-refractivity contribution is -0.692. The van der Waals surface area contributed by atoms with Gasteiger partial charge in [-0.25, -0.2) is 0 Å². The highest BCUT2D eigenvalue weighted by atomic mass is 16.7. The van der Waals surface area contributed by atoms with Crippen molar-refractivity contribution >= 4 is 11.4 Å². The van der Waals surface area contributed by atoms with Crippen molar-refractivity contribution < 1.29 is 19.1 Å². The number of hydrazone groups is 1. The summed E-state index contributed by atoms with van der Waals surface area (Å²) < 4.78 is 15.0. The summed E-state index contributed by atoms with van der Waals surface area (Å²) in [5, 5.41) is 21.0. The minimum Gasteiger partial charge on any atom is -0.383 e. The van der Waals surface area contributed by atoms with Crippen LogP contribution in [-0.2, 0) is 16.0 Å². The molecule has 3 heterocycles. The third-order valence-corrected chi connectivity index (χ3v) is 17.6. The molecule has 0 unspecified atom stereocenters. The second-order valence-electron chi connectivity index (χ2n) is 20.8. The summed E-state index contributed by atoms with van der Waals surface area (Å²) in [5.74, 6) is 1.26. The van der Waals surface area contributed by atoms with Gasteiger partial charge in [-0.2, -0.15) is 9.67 Å². The van der Waals surface area contributed by atoms with E-state index >= 15 is 0 Å². The van der Waals surface area contributed by atoms with Gasteiger partial charge >= 0.3 is 0 Å². The molecular weight excluding hydrogens is 811 g/mol. The number of rotatable bonds is 8. The van der Waals surface area contributed by atoms with Gasteiger partial charge in [-0.3, -0.25) is 5.01 Å². The van der Waals surface area contributed by atoms with Gasteiger partial charge in [0, 0.05) is 47.9 Å². The van der Waals surface area contributed by atoms with Gasteiger partial charge < -0.3 is 14.6 Å². The van der Waals surface area contributed by atoms with Gasteiger partial charge in [-0.15, -0.1) is 0 Å². The van der Waals surface area contributed by atoms with Crippen LogP contribution in [0.3, 0.4) is 0 Å². The number of nitrogens with zero attached hydrogens (tertiary/aromatic N) is 3. The summed E-state index contributed by atoms with van der Waals surface area (Å²) in [7, 11) is 0. The lowest BCUT2D eigenvalue weighted by atomic mass is 9.46. The SMILES string of the molecule is C[C@]12CCC3(CC1=CC[C@H]1[C@H]2CC[C@]2(C)[C@@H]1CC[C@@]2(O)C[n+]1c(-c2ccccc2)cc(-c2ccc(N4N=C(c5ccccc5)C[C@@H]4c4ccccc4)cc2)cc1-c1ccccc1)OCCO3. The Morgan fingerprint density at radius 2 is 1.23 bits per heavy atom. The summed E-state index contributed by atoms with van der Waals surface area (Å²) >= 11 is 0. The molecule has 0 amide bonds. The molecule has 6 aromatic rings. The molecule has 6 aliphatic rings. The Hall–Kier alpha value is -5.66. The molecule has 1 N–H and O–H groups in total. The highest BCUT2D eigenvalue weighted by molar-refractivity contribution is 6.03. The van der Waals surface area contributed by atoms with Crippen molar-refractivity contribution in [2.45, 2.75) is 95.6 Å². The van der Waals surface area contributed by atoms with Gasteiger partial charge in [0.05, 0.1) is 30.7 Å². The first kappa shape index (κ1) is 41.7. The Morgan fingerprint density at radius 1 is 0.636 bits per heavy atom. The van der Waals surface area contributed by atoms with Crippen molar-refractivity contribution in [3.8, 4) is 33.6 Å². The van der Waals surface area contributed by atoms with Crippen molar-refractivity contribution in [1.29, 1.82) is 0 Å². The summed E-state index contributed by atoms with van der Waals surface area (Å²) in [4.78, 5) is 0. The lowest BCUT2D eigenvalue weighted by Crippen LogP contribution is -2.60. The number of aromatic nitrogens is 1. The minimum atomic E-state index is -0.874. The molecule has 66 heavy (non-hydrogen) atoms. The van der Waals surface area contributed by atoms with Gasteiger partial charge in [-0.1, -0.05) is 135 Å². The summed E-state index contributed by atoms with van der Waals surface area (Å²) in [6.07, 6.45) is 11.6. The Morgan fingerprint density at radius 3 is 1.86 bits per heavy atom. The zero-order valence-corrected chi connectivity index (χ0v) is 38.5. The van der Waals surface area contributed by atoms with E-state index in [9.17, 15) is 5.11 Å². The van der Waals surface area contributed by atoms with Crippen molar-refractivity contribution in [1.82, 2.24) is 0 Å². The third-order valence-electron chi connectivity index (χ3n) is 17.6. The van der Waals surface area contributed by atoms with Crippen LogP contribution in [0.4, 0.5) is 5.69 Å². The quantitative estimate of drug-likeness (QED) is 0.122. The van der Waals surface area contributed by atoms with Crippen LogP contribution in [0.5, 0.6) is 0 Å². The van der Waals surface area contributed by atoms with E-state index in [4.69, 9.17) is 14.6 Å². The molecule has 4 fully saturated rings.